The van der Waals surface area contributed by atoms with Gasteiger partial charge in [-0.3, -0.25) is 0 Å². The summed E-state index contributed by atoms with van der Waals surface area (Å²) in [4.78, 5) is 14.0. The highest BCUT2D eigenvalue weighted by Gasteiger charge is 2.31. The van der Waals surface area contributed by atoms with Crippen LogP contribution in [0, 0.1) is 6.92 Å². The number of likely N-dealkylation sites (tertiary alicyclic amines) is 1. The van der Waals surface area contributed by atoms with E-state index in [0.29, 0.717) is 13.1 Å². The molecule has 4 nitrogen and oxygen atoms in total. The smallest absolute Gasteiger partial charge is 0.410 e. The van der Waals surface area contributed by atoms with E-state index in [0.717, 1.165) is 6.42 Å². The molecule has 0 radical (unpaired) electrons. The Balaban J connectivity index is 2.10. The fourth-order valence-corrected chi connectivity index (χ4v) is 2.78. The number of amides is 1. The zero-order valence-electron chi connectivity index (χ0n) is 13.4. The quantitative estimate of drug-likeness (QED) is 0.865. The van der Waals surface area contributed by atoms with Gasteiger partial charge in [0.05, 0.1) is 0 Å². The van der Waals surface area contributed by atoms with E-state index in [4.69, 9.17) is 10.5 Å². The predicted molar refractivity (Wildman–Crippen MR) is 84.3 cm³/mol. The van der Waals surface area contributed by atoms with E-state index in [1.807, 2.05) is 20.8 Å². The number of carbonyl (C=O) groups excluding carboxylic acids is 1. The summed E-state index contributed by atoms with van der Waals surface area (Å²) in [5.74, 6) is 0.279. The molecule has 21 heavy (non-hydrogen) atoms. The molecule has 4 heteroatoms. The van der Waals surface area contributed by atoms with Crippen molar-refractivity contribution < 1.29 is 9.53 Å². The number of ether oxygens (including phenoxy) is 1. The summed E-state index contributed by atoms with van der Waals surface area (Å²) >= 11 is 0. The summed E-state index contributed by atoms with van der Waals surface area (Å²) in [5.41, 5.74) is 8.15. The number of benzene rings is 1. The highest BCUT2D eigenvalue weighted by molar-refractivity contribution is 5.68. The van der Waals surface area contributed by atoms with Gasteiger partial charge in [0.25, 0.3) is 0 Å². The summed E-state index contributed by atoms with van der Waals surface area (Å²) in [6.07, 6.45) is 0.637. The maximum Gasteiger partial charge on any atom is 0.410 e. The fourth-order valence-electron chi connectivity index (χ4n) is 2.78. The number of carbonyl (C=O) groups is 1. The van der Waals surface area contributed by atoms with Crippen LogP contribution in [-0.4, -0.2) is 35.7 Å². The standard InChI is InChI=1S/C17H26N2O2/c1-12-6-5-7-13(8-12)14-9-15(18)11-19(10-14)16(20)21-17(2,3)4/h5-8,14-15H,9-11,18H2,1-4H3/t14-,15+/m1/s1. The molecule has 0 aromatic heterocycles. The molecule has 0 spiro atoms. The largest absolute Gasteiger partial charge is 0.444 e. The first-order valence-electron chi connectivity index (χ1n) is 7.54. The Kier molecular flexibility index (Phi) is 4.57. The van der Waals surface area contributed by atoms with Gasteiger partial charge in [-0.15, -0.1) is 0 Å². The lowest BCUT2D eigenvalue weighted by Crippen LogP contribution is -2.50. The molecular weight excluding hydrogens is 264 g/mol. The topological polar surface area (TPSA) is 55.6 Å². The molecule has 0 aliphatic carbocycles. The SMILES string of the molecule is Cc1cccc([C@@H]2C[C@H](N)CN(C(=O)OC(C)(C)C)C2)c1. The Bertz CT molecular complexity index is 508. The zero-order valence-corrected chi connectivity index (χ0v) is 13.4. The molecule has 1 fully saturated rings. The van der Waals surface area contributed by atoms with E-state index in [1.165, 1.54) is 11.1 Å². The maximum absolute atomic E-state index is 12.3. The number of nitrogens with zero attached hydrogens (tertiary/aromatic N) is 1. The third-order valence-corrected chi connectivity index (χ3v) is 3.65. The van der Waals surface area contributed by atoms with Crippen LogP contribution in [0.3, 0.4) is 0 Å². The molecule has 1 aliphatic rings. The van der Waals surface area contributed by atoms with E-state index >= 15 is 0 Å². The Labute approximate surface area is 127 Å². The Morgan fingerprint density at radius 1 is 1.33 bits per heavy atom. The number of hydrogen-bond donors (Lipinski definition) is 1. The van der Waals surface area contributed by atoms with Crippen LogP contribution in [0.4, 0.5) is 4.79 Å². The van der Waals surface area contributed by atoms with Crippen molar-refractivity contribution >= 4 is 6.09 Å². The minimum absolute atomic E-state index is 0.00298. The van der Waals surface area contributed by atoms with Crippen LogP contribution in [0.2, 0.25) is 0 Å². The molecule has 0 bridgehead atoms. The summed E-state index contributed by atoms with van der Waals surface area (Å²) in [6, 6.07) is 8.43. The van der Waals surface area contributed by atoms with Crippen molar-refractivity contribution in [3.8, 4) is 0 Å². The summed E-state index contributed by atoms with van der Waals surface area (Å²) < 4.78 is 5.46. The first kappa shape index (κ1) is 15.8. The van der Waals surface area contributed by atoms with Gasteiger partial charge >= 0.3 is 6.09 Å². The summed E-state index contributed by atoms with van der Waals surface area (Å²) in [6.45, 7) is 8.97. The van der Waals surface area contributed by atoms with Gasteiger partial charge in [-0.1, -0.05) is 29.8 Å². The van der Waals surface area contributed by atoms with E-state index in [9.17, 15) is 4.79 Å². The lowest BCUT2D eigenvalue weighted by Gasteiger charge is -2.37. The molecular formula is C17H26N2O2. The van der Waals surface area contributed by atoms with Gasteiger partial charge in [0.1, 0.15) is 5.60 Å². The second-order valence-corrected chi connectivity index (χ2v) is 6.99. The number of nitrogens with two attached hydrogens (primary N) is 1. The predicted octanol–water partition coefficient (Wildman–Crippen LogP) is 3.05. The Morgan fingerprint density at radius 2 is 2.05 bits per heavy atom. The molecule has 1 aromatic carbocycles. The van der Waals surface area contributed by atoms with Crippen molar-refractivity contribution in [2.24, 2.45) is 5.73 Å². The van der Waals surface area contributed by atoms with Gasteiger partial charge in [-0.05, 0) is 39.7 Å². The number of hydrogen-bond acceptors (Lipinski definition) is 3. The van der Waals surface area contributed by atoms with Crippen LogP contribution < -0.4 is 5.73 Å². The molecule has 116 valence electrons. The van der Waals surface area contributed by atoms with Crippen LogP contribution in [-0.2, 0) is 4.74 Å². The van der Waals surface area contributed by atoms with Crippen molar-refractivity contribution in [2.75, 3.05) is 13.1 Å². The van der Waals surface area contributed by atoms with E-state index in [1.54, 1.807) is 4.90 Å². The average molecular weight is 290 g/mol. The van der Waals surface area contributed by atoms with Crippen molar-refractivity contribution in [2.45, 2.75) is 51.7 Å². The van der Waals surface area contributed by atoms with Gasteiger partial charge in [-0.2, -0.15) is 0 Å². The highest BCUT2D eigenvalue weighted by Crippen LogP contribution is 2.28. The molecule has 1 amide bonds. The van der Waals surface area contributed by atoms with E-state index in [2.05, 4.69) is 31.2 Å². The van der Waals surface area contributed by atoms with E-state index in [-0.39, 0.29) is 18.1 Å². The third kappa shape index (κ3) is 4.46. The van der Waals surface area contributed by atoms with Gasteiger partial charge in [0.2, 0.25) is 0 Å². The minimum Gasteiger partial charge on any atom is -0.444 e. The number of rotatable bonds is 1. The second-order valence-electron chi connectivity index (χ2n) is 6.99. The number of aryl methyl sites for hydroxylation is 1. The van der Waals surface area contributed by atoms with Crippen LogP contribution in [0.15, 0.2) is 24.3 Å². The molecule has 0 unspecified atom stereocenters. The van der Waals surface area contributed by atoms with Crippen molar-refractivity contribution in [3.05, 3.63) is 35.4 Å². The first-order chi connectivity index (χ1) is 9.74. The van der Waals surface area contributed by atoms with Crippen LogP contribution in [0.5, 0.6) is 0 Å². The maximum atomic E-state index is 12.3. The second kappa shape index (κ2) is 6.06. The van der Waals surface area contributed by atoms with Gasteiger partial charge < -0.3 is 15.4 Å². The normalized spacial score (nSPS) is 23.0. The van der Waals surface area contributed by atoms with Gasteiger partial charge in [0, 0.05) is 25.0 Å². The monoisotopic (exact) mass is 290 g/mol. The summed E-state index contributed by atoms with van der Waals surface area (Å²) in [5, 5.41) is 0. The highest BCUT2D eigenvalue weighted by atomic mass is 16.6. The van der Waals surface area contributed by atoms with E-state index < -0.39 is 5.60 Å². The van der Waals surface area contributed by atoms with Gasteiger partial charge in [0.15, 0.2) is 0 Å². The molecule has 1 aromatic rings. The molecule has 1 saturated heterocycles. The van der Waals surface area contributed by atoms with Crippen molar-refractivity contribution in [3.63, 3.8) is 0 Å². The minimum atomic E-state index is -0.475. The average Bonchev–Trinajstić information content (AvgIpc) is 2.36. The molecule has 2 atom stereocenters. The fraction of sp³-hybridized carbons (Fsp3) is 0.588. The lowest BCUT2D eigenvalue weighted by molar-refractivity contribution is 0.0181. The molecule has 0 saturated carbocycles. The van der Waals surface area contributed by atoms with Crippen molar-refractivity contribution in [1.82, 2.24) is 4.90 Å². The molecule has 1 heterocycles. The lowest BCUT2D eigenvalue weighted by atomic mass is 9.88. The number of piperidine rings is 1. The Hall–Kier alpha value is -1.55. The summed E-state index contributed by atoms with van der Waals surface area (Å²) in [7, 11) is 0. The van der Waals surface area contributed by atoms with Crippen LogP contribution in [0.25, 0.3) is 0 Å². The molecule has 2 rings (SSSR count). The Morgan fingerprint density at radius 3 is 2.67 bits per heavy atom. The zero-order chi connectivity index (χ0) is 15.6. The first-order valence-corrected chi connectivity index (χ1v) is 7.54. The van der Waals surface area contributed by atoms with Crippen molar-refractivity contribution in [1.29, 1.82) is 0 Å². The third-order valence-electron chi connectivity index (χ3n) is 3.65. The van der Waals surface area contributed by atoms with Gasteiger partial charge in [-0.25, -0.2) is 4.79 Å². The molecule has 1 aliphatic heterocycles. The van der Waals surface area contributed by atoms with Crippen LogP contribution >= 0.6 is 0 Å². The van der Waals surface area contributed by atoms with Crippen LogP contribution in [0.1, 0.15) is 44.2 Å². The molecule has 2 N–H and O–H groups in total.